The monoisotopic (exact) mass is 578 g/mol. The first-order valence-electron chi connectivity index (χ1n) is 15.6. The largest absolute Gasteiger partial charge is 0.508 e. The van der Waals surface area contributed by atoms with Crippen LogP contribution in [0, 0.1) is 0 Å². The van der Waals surface area contributed by atoms with Crippen LogP contribution in [0.15, 0.2) is 119 Å². The first-order valence-corrected chi connectivity index (χ1v) is 15.6. The number of phenols is 1. The SMILES string of the molecule is CC(C)=CCCC(C)=CCCC(C)=CCCC(C)=CCc1cc(OCc2ccccc2)c(OCc2ccccc2)cc1O. The topological polar surface area (TPSA) is 38.7 Å². The van der Waals surface area contributed by atoms with E-state index in [9.17, 15) is 5.11 Å². The van der Waals surface area contributed by atoms with Crippen LogP contribution in [-0.4, -0.2) is 5.11 Å². The maximum Gasteiger partial charge on any atom is 0.165 e. The second-order valence-electron chi connectivity index (χ2n) is 11.7. The molecule has 0 aromatic heterocycles. The average Bonchev–Trinajstić information content (AvgIpc) is 2.99. The molecule has 0 radical (unpaired) electrons. The van der Waals surface area contributed by atoms with Crippen molar-refractivity contribution in [3.63, 3.8) is 0 Å². The lowest BCUT2D eigenvalue weighted by molar-refractivity contribution is 0.254. The Hall–Kier alpha value is -3.98. The highest BCUT2D eigenvalue weighted by molar-refractivity contribution is 5.51. The van der Waals surface area contributed by atoms with Gasteiger partial charge in [0.2, 0.25) is 0 Å². The molecule has 3 aromatic rings. The summed E-state index contributed by atoms with van der Waals surface area (Å²) in [5.74, 6) is 1.40. The van der Waals surface area contributed by atoms with Crippen molar-refractivity contribution in [2.24, 2.45) is 0 Å². The van der Waals surface area contributed by atoms with E-state index in [4.69, 9.17) is 9.47 Å². The van der Waals surface area contributed by atoms with Crippen molar-refractivity contribution in [2.75, 3.05) is 0 Å². The van der Waals surface area contributed by atoms with Gasteiger partial charge in [-0.3, -0.25) is 0 Å². The molecule has 0 fully saturated rings. The normalized spacial score (nSPS) is 12.3. The Kier molecular flexibility index (Phi) is 14.4. The maximum atomic E-state index is 10.9. The standard InChI is InChI=1S/C40H50O3/c1-31(2)15-12-16-32(3)17-13-18-33(4)19-14-20-34(5)25-26-37-27-39(42-29-35-21-8-6-9-22-35)40(28-38(37)41)43-30-36-23-10-7-11-24-36/h6-11,15,17,19,21-25,27-28,41H,12-14,16,18,20,26,29-30H2,1-5H3. The summed E-state index contributed by atoms with van der Waals surface area (Å²) in [4.78, 5) is 0. The zero-order valence-electron chi connectivity index (χ0n) is 26.9. The fraction of sp³-hybridized carbons (Fsp3) is 0.350. The van der Waals surface area contributed by atoms with Gasteiger partial charge in [0, 0.05) is 11.6 Å². The molecule has 0 aliphatic carbocycles. The van der Waals surface area contributed by atoms with Crippen LogP contribution in [0.2, 0.25) is 0 Å². The van der Waals surface area contributed by atoms with Crippen LogP contribution in [0.3, 0.4) is 0 Å². The Labute approximate surface area is 260 Å². The quantitative estimate of drug-likeness (QED) is 0.162. The molecule has 0 heterocycles. The lowest BCUT2D eigenvalue weighted by Crippen LogP contribution is -2.01. The summed E-state index contributed by atoms with van der Waals surface area (Å²) in [6.07, 6.45) is 16.5. The van der Waals surface area contributed by atoms with E-state index in [2.05, 4.69) is 58.9 Å². The Balaban J connectivity index is 1.57. The molecule has 3 aromatic carbocycles. The molecule has 0 unspecified atom stereocenters. The van der Waals surface area contributed by atoms with Gasteiger partial charge >= 0.3 is 0 Å². The lowest BCUT2D eigenvalue weighted by atomic mass is 10.0. The van der Waals surface area contributed by atoms with Crippen molar-refractivity contribution in [3.8, 4) is 17.2 Å². The molecular weight excluding hydrogens is 528 g/mol. The van der Waals surface area contributed by atoms with Crippen LogP contribution in [0.4, 0.5) is 0 Å². The van der Waals surface area contributed by atoms with E-state index in [-0.39, 0.29) is 5.75 Å². The zero-order valence-corrected chi connectivity index (χ0v) is 26.9. The number of allylic oxidation sites excluding steroid dienone is 8. The van der Waals surface area contributed by atoms with Gasteiger partial charge in [0.15, 0.2) is 11.5 Å². The van der Waals surface area contributed by atoms with Crippen LogP contribution in [-0.2, 0) is 19.6 Å². The number of phenolic OH excluding ortho intramolecular Hbond substituents is 1. The highest BCUT2D eigenvalue weighted by atomic mass is 16.5. The van der Waals surface area contributed by atoms with Crippen LogP contribution in [0.25, 0.3) is 0 Å². The van der Waals surface area contributed by atoms with Crippen molar-refractivity contribution in [3.05, 3.63) is 136 Å². The number of hydrogen-bond donors (Lipinski definition) is 1. The van der Waals surface area contributed by atoms with Gasteiger partial charge < -0.3 is 14.6 Å². The third-order valence-electron chi connectivity index (χ3n) is 7.44. The van der Waals surface area contributed by atoms with Gasteiger partial charge in [-0.1, -0.05) is 107 Å². The average molecular weight is 579 g/mol. The molecule has 3 heteroatoms. The van der Waals surface area contributed by atoms with E-state index in [0.717, 1.165) is 55.2 Å². The van der Waals surface area contributed by atoms with Gasteiger partial charge in [-0.25, -0.2) is 0 Å². The predicted molar refractivity (Wildman–Crippen MR) is 182 cm³/mol. The predicted octanol–water partition coefficient (Wildman–Crippen LogP) is 11.2. The van der Waals surface area contributed by atoms with Gasteiger partial charge in [-0.15, -0.1) is 0 Å². The number of hydrogen-bond acceptors (Lipinski definition) is 3. The van der Waals surface area contributed by atoms with Crippen molar-refractivity contribution in [2.45, 2.75) is 92.8 Å². The van der Waals surface area contributed by atoms with E-state index in [1.807, 2.05) is 66.7 Å². The lowest BCUT2D eigenvalue weighted by Gasteiger charge is -2.16. The van der Waals surface area contributed by atoms with Crippen molar-refractivity contribution in [1.29, 1.82) is 0 Å². The minimum absolute atomic E-state index is 0.221. The van der Waals surface area contributed by atoms with E-state index in [1.165, 1.54) is 22.3 Å². The van der Waals surface area contributed by atoms with Gasteiger partial charge in [0.25, 0.3) is 0 Å². The summed E-state index contributed by atoms with van der Waals surface area (Å²) in [7, 11) is 0. The number of rotatable bonds is 17. The fourth-order valence-corrected chi connectivity index (χ4v) is 4.72. The Morgan fingerprint density at radius 2 is 1.02 bits per heavy atom. The molecule has 228 valence electrons. The fourth-order valence-electron chi connectivity index (χ4n) is 4.72. The van der Waals surface area contributed by atoms with E-state index in [0.29, 0.717) is 31.1 Å². The summed E-state index contributed by atoms with van der Waals surface area (Å²) in [5.41, 5.74) is 8.61. The van der Waals surface area contributed by atoms with Crippen molar-refractivity contribution in [1.82, 2.24) is 0 Å². The molecule has 0 aliphatic rings. The highest BCUT2D eigenvalue weighted by Crippen LogP contribution is 2.36. The molecule has 0 spiro atoms. The van der Waals surface area contributed by atoms with Crippen LogP contribution in [0.1, 0.15) is 89.8 Å². The van der Waals surface area contributed by atoms with Crippen LogP contribution >= 0.6 is 0 Å². The van der Waals surface area contributed by atoms with Gasteiger partial charge in [-0.2, -0.15) is 0 Å². The number of aromatic hydroxyl groups is 1. The zero-order chi connectivity index (χ0) is 30.9. The molecule has 0 amide bonds. The highest BCUT2D eigenvalue weighted by Gasteiger charge is 2.13. The first-order chi connectivity index (χ1) is 20.8. The Bertz CT molecular complexity index is 1370. The third kappa shape index (κ3) is 13.2. The molecule has 3 nitrogen and oxygen atoms in total. The smallest absolute Gasteiger partial charge is 0.165 e. The van der Waals surface area contributed by atoms with E-state index < -0.39 is 0 Å². The molecular formula is C40H50O3. The summed E-state index contributed by atoms with van der Waals surface area (Å²) in [5, 5.41) is 10.9. The van der Waals surface area contributed by atoms with Crippen molar-refractivity contribution < 1.29 is 14.6 Å². The number of benzene rings is 3. The first kappa shape index (κ1) is 33.5. The molecule has 0 atom stereocenters. The third-order valence-corrected chi connectivity index (χ3v) is 7.44. The van der Waals surface area contributed by atoms with Gasteiger partial charge in [0.05, 0.1) is 0 Å². The van der Waals surface area contributed by atoms with Gasteiger partial charge in [-0.05, 0) is 96.8 Å². The summed E-state index contributed by atoms with van der Waals surface area (Å²) >= 11 is 0. The minimum atomic E-state index is 0.221. The summed E-state index contributed by atoms with van der Waals surface area (Å²) in [6.45, 7) is 11.8. The second-order valence-corrected chi connectivity index (χ2v) is 11.7. The van der Waals surface area contributed by atoms with Crippen LogP contribution in [0.5, 0.6) is 17.2 Å². The molecule has 0 saturated carbocycles. The summed E-state index contributed by atoms with van der Waals surface area (Å²) in [6, 6.07) is 23.7. The molecule has 0 bridgehead atoms. The molecule has 1 N–H and O–H groups in total. The minimum Gasteiger partial charge on any atom is -0.508 e. The molecule has 43 heavy (non-hydrogen) atoms. The molecule has 3 rings (SSSR count). The van der Waals surface area contributed by atoms with E-state index in [1.54, 1.807) is 6.07 Å². The van der Waals surface area contributed by atoms with Crippen molar-refractivity contribution >= 4 is 0 Å². The van der Waals surface area contributed by atoms with Crippen LogP contribution < -0.4 is 9.47 Å². The van der Waals surface area contributed by atoms with Gasteiger partial charge in [0.1, 0.15) is 19.0 Å². The molecule has 0 saturated heterocycles. The van der Waals surface area contributed by atoms with E-state index >= 15 is 0 Å². The second kappa shape index (κ2) is 18.5. The number of ether oxygens (including phenoxy) is 2. The summed E-state index contributed by atoms with van der Waals surface area (Å²) < 4.78 is 12.3. The molecule has 0 aliphatic heterocycles. The maximum absolute atomic E-state index is 10.9. The Morgan fingerprint density at radius 3 is 1.51 bits per heavy atom. The Morgan fingerprint density at radius 1 is 0.581 bits per heavy atom.